The highest BCUT2D eigenvalue weighted by atomic mass is 16.1. The van der Waals surface area contributed by atoms with Crippen molar-refractivity contribution in [2.24, 2.45) is 0 Å². The molecule has 13 heavy (non-hydrogen) atoms. The Bertz CT molecular complexity index is 307. The molecule has 0 atom stereocenters. The Labute approximate surface area is 76.8 Å². The maximum atomic E-state index is 10.2. The zero-order valence-electron chi connectivity index (χ0n) is 7.26. The molecule has 1 aliphatic heterocycles. The molecule has 0 aromatic carbocycles. The standard InChI is InChI=1S/C7H11BN4O/c9-6-1-10-12(2-6)7-3-11(4-7)8-5-13/h1-2,5,7-8H,3-4,9H2. The van der Waals surface area contributed by atoms with E-state index in [0.29, 0.717) is 19.1 Å². The summed E-state index contributed by atoms with van der Waals surface area (Å²) in [5.41, 5.74) is 6.22. The van der Waals surface area contributed by atoms with Gasteiger partial charge in [0.25, 0.3) is 7.41 Å². The summed E-state index contributed by atoms with van der Waals surface area (Å²) in [4.78, 5) is 12.2. The summed E-state index contributed by atoms with van der Waals surface area (Å²) in [5.74, 6) is 0. The Morgan fingerprint density at radius 2 is 2.46 bits per heavy atom. The summed E-state index contributed by atoms with van der Waals surface area (Å²) in [6.07, 6.45) is 4.39. The van der Waals surface area contributed by atoms with Gasteiger partial charge in [0.15, 0.2) is 0 Å². The van der Waals surface area contributed by atoms with Crippen LogP contribution in [0.3, 0.4) is 0 Å². The third-order valence-corrected chi connectivity index (χ3v) is 2.27. The summed E-state index contributed by atoms with van der Waals surface area (Å²) in [6, 6.07) is 0.386. The van der Waals surface area contributed by atoms with Crippen LogP contribution in [0.5, 0.6) is 0 Å². The molecule has 1 aliphatic rings. The van der Waals surface area contributed by atoms with Gasteiger partial charge in [0.1, 0.15) is 0 Å². The van der Waals surface area contributed by atoms with E-state index >= 15 is 0 Å². The summed E-state index contributed by atoms with van der Waals surface area (Å²) in [5, 5.41) is 4.11. The van der Waals surface area contributed by atoms with Gasteiger partial charge in [0.05, 0.1) is 24.1 Å². The molecule has 6 heteroatoms. The SMILES string of the molecule is Nc1cnn(C2CN(BC=O)C2)c1. The van der Waals surface area contributed by atoms with Crippen molar-refractivity contribution in [1.82, 2.24) is 14.6 Å². The Balaban J connectivity index is 1.89. The van der Waals surface area contributed by atoms with Gasteiger partial charge in [0, 0.05) is 19.3 Å². The van der Waals surface area contributed by atoms with Crippen molar-refractivity contribution in [2.45, 2.75) is 6.04 Å². The maximum absolute atomic E-state index is 10.2. The van der Waals surface area contributed by atoms with Crippen molar-refractivity contribution in [1.29, 1.82) is 0 Å². The Morgan fingerprint density at radius 3 is 3.00 bits per heavy atom. The van der Waals surface area contributed by atoms with Crippen LogP contribution in [0.25, 0.3) is 0 Å². The Kier molecular flexibility index (Phi) is 2.06. The van der Waals surface area contributed by atoms with Crippen molar-refractivity contribution in [3.63, 3.8) is 0 Å². The lowest BCUT2D eigenvalue weighted by molar-refractivity contribution is 0.195. The lowest BCUT2D eigenvalue weighted by Crippen LogP contribution is -2.50. The topological polar surface area (TPSA) is 64.2 Å². The van der Waals surface area contributed by atoms with Crippen LogP contribution >= 0.6 is 0 Å². The quantitative estimate of drug-likeness (QED) is 0.469. The third-order valence-electron chi connectivity index (χ3n) is 2.27. The first-order valence-corrected chi connectivity index (χ1v) is 4.25. The van der Waals surface area contributed by atoms with Crippen molar-refractivity contribution in [3.8, 4) is 0 Å². The highest BCUT2D eigenvalue weighted by Gasteiger charge is 2.28. The van der Waals surface area contributed by atoms with Gasteiger partial charge in [-0.05, 0) is 0 Å². The molecule has 0 aliphatic carbocycles. The van der Waals surface area contributed by atoms with Crippen LogP contribution in [-0.4, -0.2) is 41.3 Å². The molecule has 0 saturated carbocycles. The van der Waals surface area contributed by atoms with E-state index in [1.807, 2.05) is 10.9 Å². The van der Waals surface area contributed by atoms with Crippen LogP contribution < -0.4 is 5.73 Å². The Hall–Kier alpha value is -1.30. The number of nitrogens with zero attached hydrogens (tertiary/aromatic N) is 3. The second-order valence-corrected chi connectivity index (χ2v) is 3.29. The average molecular weight is 178 g/mol. The lowest BCUT2D eigenvalue weighted by Gasteiger charge is -2.37. The molecular weight excluding hydrogens is 167 g/mol. The molecule has 1 aromatic rings. The van der Waals surface area contributed by atoms with Crippen molar-refractivity contribution >= 4 is 19.3 Å². The fourth-order valence-electron chi connectivity index (χ4n) is 1.52. The molecule has 0 unspecified atom stereocenters. The molecule has 5 nitrogen and oxygen atoms in total. The predicted molar refractivity (Wildman–Crippen MR) is 51.1 cm³/mol. The van der Waals surface area contributed by atoms with Crippen LogP contribution in [0.4, 0.5) is 5.69 Å². The summed E-state index contributed by atoms with van der Waals surface area (Å²) in [6.45, 7) is 1.78. The third kappa shape index (κ3) is 1.57. The second kappa shape index (κ2) is 3.22. The van der Waals surface area contributed by atoms with Gasteiger partial charge >= 0.3 is 0 Å². The van der Waals surface area contributed by atoms with E-state index in [1.54, 1.807) is 6.20 Å². The number of nitrogen functional groups attached to an aromatic ring is 1. The van der Waals surface area contributed by atoms with Crippen LogP contribution in [0, 0.1) is 0 Å². The number of carbonyl (C=O) groups excluding carboxylic acids is 1. The number of aromatic nitrogens is 2. The van der Waals surface area contributed by atoms with Crippen LogP contribution in [0.2, 0.25) is 0 Å². The first-order chi connectivity index (χ1) is 6.29. The number of hydrogen-bond donors (Lipinski definition) is 1. The largest absolute Gasteiger partial charge is 0.396 e. The minimum atomic E-state index is 0.386. The van der Waals surface area contributed by atoms with E-state index < -0.39 is 0 Å². The van der Waals surface area contributed by atoms with Crippen molar-refractivity contribution in [2.75, 3.05) is 18.8 Å². The zero-order valence-corrected chi connectivity index (χ0v) is 7.26. The normalized spacial score (nSPS) is 18.2. The smallest absolute Gasteiger partial charge is 0.281 e. The first kappa shape index (κ1) is 8.31. The number of carbonyl (C=O) groups is 1. The minimum Gasteiger partial charge on any atom is -0.396 e. The predicted octanol–water partition coefficient (Wildman–Crippen LogP) is -1.14. The highest BCUT2D eigenvalue weighted by Crippen LogP contribution is 2.19. The van der Waals surface area contributed by atoms with Crippen LogP contribution in [0.1, 0.15) is 6.04 Å². The van der Waals surface area contributed by atoms with Crippen LogP contribution in [0.15, 0.2) is 12.4 Å². The number of rotatable bonds is 3. The van der Waals surface area contributed by atoms with Gasteiger partial charge in [0.2, 0.25) is 0 Å². The summed E-state index contributed by atoms with van der Waals surface area (Å²) in [7, 11) is 0.521. The van der Waals surface area contributed by atoms with Crippen LogP contribution in [-0.2, 0) is 4.79 Å². The van der Waals surface area contributed by atoms with E-state index in [-0.39, 0.29) is 0 Å². The molecule has 1 fully saturated rings. The fourth-order valence-corrected chi connectivity index (χ4v) is 1.52. The molecule has 0 bridgehead atoms. The molecule has 68 valence electrons. The monoisotopic (exact) mass is 178 g/mol. The number of anilines is 1. The lowest BCUT2D eigenvalue weighted by atomic mass is 9.88. The van der Waals surface area contributed by atoms with Crippen molar-refractivity contribution < 1.29 is 4.79 Å². The molecular formula is C7H11BN4O. The molecule has 0 spiro atoms. The van der Waals surface area contributed by atoms with Gasteiger partial charge < -0.3 is 15.3 Å². The maximum Gasteiger partial charge on any atom is 0.281 e. The van der Waals surface area contributed by atoms with Gasteiger partial charge in [-0.3, -0.25) is 4.68 Å². The summed E-state index contributed by atoms with van der Waals surface area (Å²) < 4.78 is 1.86. The number of hydrogen-bond acceptors (Lipinski definition) is 4. The van der Waals surface area contributed by atoms with Gasteiger partial charge in [-0.15, -0.1) is 0 Å². The first-order valence-electron chi connectivity index (χ1n) is 4.25. The van der Waals surface area contributed by atoms with E-state index in [9.17, 15) is 4.79 Å². The number of nitrogens with two attached hydrogens (primary N) is 1. The molecule has 2 heterocycles. The van der Waals surface area contributed by atoms with Gasteiger partial charge in [-0.1, -0.05) is 0 Å². The second-order valence-electron chi connectivity index (χ2n) is 3.29. The minimum absolute atomic E-state index is 0.386. The van der Waals surface area contributed by atoms with Gasteiger partial charge in [-0.25, -0.2) is 0 Å². The fraction of sp³-hybridized carbons (Fsp3) is 0.429. The molecule has 2 N–H and O–H groups in total. The molecule has 1 saturated heterocycles. The van der Waals surface area contributed by atoms with E-state index in [2.05, 4.69) is 9.91 Å². The van der Waals surface area contributed by atoms with E-state index in [1.165, 1.54) is 0 Å². The van der Waals surface area contributed by atoms with E-state index in [4.69, 9.17) is 5.73 Å². The zero-order chi connectivity index (χ0) is 9.26. The van der Waals surface area contributed by atoms with Crippen molar-refractivity contribution in [3.05, 3.63) is 12.4 Å². The highest BCUT2D eigenvalue weighted by molar-refractivity contribution is 6.64. The molecule has 0 radical (unpaired) electrons. The Morgan fingerprint density at radius 1 is 1.69 bits per heavy atom. The molecule has 1 aromatic heterocycles. The summed E-state index contributed by atoms with van der Waals surface area (Å²) >= 11 is 0. The van der Waals surface area contributed by atoms with E-state index in [0.717, 1.165) is 19.3 Å². The molecule has 0 amide bonds. The average Bonchev–Trinajstić information content (AvgIpc) is 2.43. The molecule has 2 rings (SSSR count). The van der Waals surface area contributed by atoms with Gasteiger partial charge in [-0.2, -0.15) is 5.10 Å².